The van der Waals surface area contributed by atoms with Crippen LogP contribution in [0, 0.1) is 18.1 Å². The second-order valence-electron chi connectivity index (χ2n) is 10.5. The Labute approximate surface area is 233 Å². The fourth-order valence-electron chi connectivity index (χ4n) is 5.02. The summed E-state index contributed by atoms with van der Waals surface area (Å²) in [5.74, 6) is 0.553. The van der Waals surface area contributed by atoms with Crippen LogP contribution in [-0.2, 0) is 30.7 Å². The Morgan fingerprint density at radius 1 is 0.861 bits per heavy atom. The molecule has 0 radical (unpaired) electrons. The quantitative estimate of drug-likeness (QED) is 0.149. The van der Waals surface area contributed by atoms with Gasteiger partial charge < -0.3 is 0 Å². The van der Waals surface area contributed by atoms with Crippen LogP contribution >= 0.6 is 0 Å². The van der Waals surface area contributed by atoms with Crippen molar-refractivity contribution < 1.29 is 24.2 Å². The summed E-state index contributed by atoms with van der Waals surface area (Å²) >= 11 is 1.46. The normalized spacial score (nSPS) is 15.5. The molecule has 1 atom stereocenters. The van der Waals surface area contributed by atoms with Crippen molar-refractivity contribution in [1.82, 2.24) is 0 Å². The average molecular weight is 562 g/mol. The maximum atomic E-state index is 3.43. The molecule has 4 aromatic rings. The summed E-state index contributed by atoms with van der Waals surface area (Å²) in [6, 6.07) is 33.0. The molecule has 0 saturated carbocycles. The number of fused-ring (bicyclic) bond motifs is 4. The van der Waals surface area contributed by atoms with Gasteiger partial charge in [0.2, 0.25) is 0 Å². The van der Waals surface area contributed by atoms with Crippen LogP contribution in [0.1, 0.15) is 30.5 Å². The van der Waals surface area contributed by atoms with Crippen molar-refractivity contribution in [3.8, 4) is 11.1 Å². The predicted molar refractivity (Wildman–Crippen MR) is 156 cm³/mol. The van der Waals surface area contributed by atoms with E-state index >= 15 is 0 Å². The van der Waals surface area contributed by atoms with Gasteiger partial charge in [0.05, 0.1) is 0 Å². The van der Waals surface area contributed by atoms with Gasteiger partial charge in [0, 0.05) is 0 Å². The van der Waals surface area contributed by atoms with Crippen LogP contribution in [0.3, 0.4) is 0 Å². The molecule has 4 aromatic carbocycles. The second kappa shape index (κ2) is 11.8. The average Bonchev–Trinajstić information content (AvgIpc) is 3.43. The number of rotatable bonds is 2. The van der Waals surface area contributed by atoms with E-state index in [1.54, 1.807) is 5.20 Å². The third-order valence-electron chi connectivity index (χ3n) is 6.67. The standard InChI is InChI=1S/C13H9.C11H8.C10H17Si.Zr/c1-3-7-12-10(5-1)9-11-6-2-4-8-13(11)12;1-9-5-4-7-10-6-2-3-8-11(9)10;1-8-6-9(2)10(7-8)11(3,4)5;/h1-5,7-8H,9H2;1-8H;7-8H,1-5H3;/q-1;;-1;+2. The Kier molecular flexibility index (Phi) is 8.70. The number of hydrogen-bond acceptors (Lipinski definition) is 0. The van der Waals surface area contributed by atoms with Crippen molar-refractivity contribution in [2.45, 2.75) is 39.9 Å². The topological polar surface area (TPSA) is 0 Å². The van der Waals surface area contributed by atoms with Gasteiger partial charge in [-0.3, -0.25) is 6.08 Å². The molecule has 0 spiro atoms. The molecule has 2 aliphatic carbocycles. The first-order valence-electron chi connectivity index (χ1n) is 12.7. The van der Waals surface area contributed by atoms with Gasteiger partial charge in [0.1, 0.15) is 0 Å². The third-order valence-corrected chi connectivity index (χ3v) is 9.59. The van der Waals surface area contributed by atoms with Gasteiger partial charge in [-0.2, -0.15) is 35.9 Å². The Morgan fingerprint density at radius 3 is 2.25 bits per heavy atom. The Bertz CT molecular complexity index is 1390. The minimum absolute atomic E-state index is 0.553. The molecule has 6 rings (SSSR count). The molecule has 0 fully saturated rings. The van der Waals surface area contributed by atoms with E-state index in [0.717, 1.165) is 6.42 Å². The van der Waals surface area contributed by atoms with E-state index in [4.69, 9.17) is 0 Å². The van der Waals surface area contributed by atoms with E-state index in [2.05, 4.69) is 134 Å². The minimum atomic E-state index is -1.07. The van der Waals surface area contributed by atoms with Crippen LogP contribution in [0.4, 0.5) is 0 Å². The van der Waals surface area contributed by atoms with Crippen molar-refractivity contribution in [2.24, 2.45) is 5.92 Å². The Hall–Kier alpha value is -2.41. The smallest absolute Gasteiger partial charge is 0.0253 e. The maximum absolute atomic E-state index is 3.43. The fourth-order valence-corrected chi connectivity index (χ4v) is 7.59. The molecule has 0 heterocycles. The zero-order chi connectivity index (χ0) is 25.7. The van der Waals surface area contributed by atoms with E-state index < -0.39 is 8.07 Å². The van der Waals surface area contributed by atoms with Gasteiger partial charge in [-0.15, -0.1) is 5.56 Å². The van der Waals surface area contributed by atoms with Gasteiger partial charge in [0.15, 0.2) is 0 Å². The summed E-state index contributed by atoms with van der Waals surface area (Å²) < 4.78 is 2.23. The van der Waals surface area contributed by atoms with Gasteiger partial charge in [-0.1, -0.05) is 74.8 Å². The number of hydrogen-bond donors (Lipinski definition) is 0. The van der Waals surface area contributed by atoms with E-state index in [-0.39, 0.29) is 0 Å². The van der Waals surface area contributed by atoms with Crippen molar-refractivity contribution in [1.29, 1.82) is 0 Å². The molecule has 2 heteroatoms. The predicted octanol–water partition coefficient (Wildman–Crippen LogP) is 8.78. The Morgan fingerprint density at radius 2 is 1.56 bits per heavy atom. The van der Waals surface area contributed by atoms with Crippen molar-refractivity contribution in [3.05, 3.63) is 131 Å². The summed E-state index contributed by atoms with van der Waals surface area (Å²) in [6.07, 6.45) is 6.86. The number of benzene rings is 4. The third kappa shape index (κ3) is 6.28. The summed E-state index contributed by atoms with van der Waals surface area (Å²) in [7, 11) is -1.07. The van der Waals surface area contributed by atoms with E-state index in [9.17, 15) is 0 Å². The molecule has 1 unspecified atom stereocenters. The van der Waals surface area contributed by atoms with Crippen molar-refractivity contribution >= 4 is 22.6 Å². The van der Waals surface area contributed by atoms with Crippen LogP contribution in [0.2, 0.25) is 19.6 Å². The fraction of sp³-hybridized carbons (Fsp3) is 0.206. The molecule has 36 heavy (non-hydrogen) atoms. The largest absolute Gasteiger partial charge is 0.179 e. The molecule has 0 bridgehead atoms. The molecule has 178 valence electrons. The summed E-state index contributed by atoms with van der Waals surface area (Å²) in [5, 5.41) is 4.29. The van der Waals surface area contributed by atoms with Crippen LogP contribution < -0.4 is 0 Å². The number of allylic oxidation sites excluding steroid dienone is 4. The Balaban J connectivity index is 0.000000127. The molecular weight excluding hydrogens is 528 g/mol. The maximum Gasteiger partial charge on any atom is -0.0253 e. The van der Waals surface area contributed by atoms with Gasteiger partial charge in [-0.25, -0.2) is 10.8 Å². The van der Waals surface area contributed by atoms with E-state index in [0.29, 0.717) is 5.92 Å². The van der Waals surface area contributed by atoms with Gasteiger partial charge >= 0.3 is 86.7 Å². The monoisotopic (exact) mass is 560 g/mol. The van der Waals surface area contributed by atoms with Crippen molar-refractivity contribution in [2.75, 3.05) is 0 Å². The zero-order valence-electron chi connectivity index (χ0n) is 22.0. The second-order valence-corrected chi connectivity index (χ2v) is 16.2. The molecule has 0 aliphatic heterocycles. The van der Waals surface area contributed by atoms with Gasteiger partial charge in [0.25, 0.3) is 0 Å². The molecule has 0 N–H and O–H groups in total. The zero-order valence-corrected chi connectivity index (χ0v) is 25.5. The van der Waals surface area contributed by atoms with Crippen LogP contribution in [0.25, 0.3) is 21.9 Å². The first kappa shape index (κ1) is 26.6. The van der Waals surface area contributed by atoms with Crippen LogP contribution in [0.15, 0.2) is 102 Å². The van der Waals surface area contributed by atoms with E-state index in [1.165, 1.54) is 68.4 Å². The summed E-state index contributed by atoms with van der Waals surface area (Å²) in [6.45, 7) is 11.6. The first-order chi connectivity index (χ1) is 17.3. The molecule has 0 saturated heterocycles. The SMILES string of the molecule is CC1=[C-]C(C)C=C1[Si](C)(C)C.[Zr+2]=[CH]c1cccc2ccccc12.[c-]1cccc2c1Cc1ccccc1-2. The van der Waals surface area contributed by atoms with Crippen LogP contribution in [-0.4, -0.2) is 11.8 Å². The molecule has 2 aliphatic rings. The van der Waals surface area contributed by atoms with Crippen molar-refractivity contribution in [3.63, 3.8) is 0 Å². The summed E-state index contributed by atoms with van der Waals surface area (Å²) in [4.78, 5) is 0. The van der Waals surface area contributed by atoms with E-state index in [1.807, 2.05) is 6.07 Å². The summed E-state index contributed by atoms with van der Waals surface area (Å²) in [5.41, 5.74) is 8.26. The first-order valence-corrected chi connectivity index (χ1v) is 17.6. The minimum Gasteiger partial charge on any atom is -0.179 e. The molecular formula is C34H34SiZr. The van der Waals surface area contributed by atoms with Crippen LogP contribution in [0.5, 0.6) is 0 Å². The molecule has 0 amide bonds. The molecule has 0 aromatic heterocycles. The van der Waals surface area contributed by atoms with Gasteiger partial charge in [-0.05, 0) is 14.5 Å². The molecule has 0 nitrogen and oxygen atoms in total.